The van der Waals surface area contributed by atoms with Gasteiger partial charge in [-0.15, -0.1) is 0 Å². The molecule has 1 rings (SSSR count). The Morgan fingerprint density at radius 1 is 1.13 bits per heavy atom. The van der Waals surface area contributed by atoms with Crippen molar-refractivity contribution in [1.82, 2.24) is 10.6 Å². The standard InChI is InChI=1S/C18H31N3O2/c1-5-19-18(20-11-8-12-22-6-2)21-14-16-9-10-17(23-7-3)15(4)13-16/h9-10,13H,5-8,11-12,14H2,1-4H3,(H2,19,20,21). The summed E-state index contributed by atoms with van der Waals surface area (Å²) in [4.78, 5) is 4.63. The average Bonchev–Trinajstić information content (AvgIpc) is 2.54. The number of nitrogens with zero attached hydrogens (tertiary/aromatic N) is 1. The van der Waals surface area contributed by atoms with Crippen molar-refractivity contribution in [3.63, 3.8) is 0 Å². The summed E-state index contributed by atoms with van der Waals surface area (Å²) in [6.45, 7) is 12.7. The van der Waals surface area contributed by atoms with Gasteiger partial charge in [0.25, 0.3) is 0 Å². The van der Waals surface area contributed by atoms with Gasteiger partial charge in [-0.25, -0.2) is 4.99 Å². The number of hydrogen-bond donors (Lipinski definition) is 2. The fourth-order valence-electron chi connectivity index (χ4n) is 2.16. The second-order valence-corrected chi connectivity index (χ2v) is 5.21. The molecule has 0 saturated heterocycles. The van der Waals surface area contributed by atoms with Gasteiger partial charge in [-0.3, -0.25) is 0 Å². The normalized spacial score (nSPS) is 11.4. The first kappa shape index (κ1) is 19.3. The van der Waals surface area contributed by atoms with Crippen molar-refractivity contribution < 1.29 is 9.47 Å². The van der Waals surface area contributed by atoms with Gasteiger partial charge in [0.15, 0.2) is 5.96 Å². The summed E-state index contributed by atoms with van der Waals surface area (Å²) in [6.07, 6.45) is 0.973. The zero-order valence-corrected chi connectivity index (χ0v) is 14.9. The Labute approximate surface area is 140 Å². The van der Waals surface area contributed by atoms with Crippen LogP contribution in [0.25, 0.3) is 0 Å². The molecule has 0 spiro atoms. The zero-order valence-electron chi connectivity index (χ0n) is 14.9. The first-order valence-electron chi connectivity index (χ1n) is 8.53. The Hall–Kier alpha value is -1.75. The smallest absolute Gasteiger partial charge is 0.191 e. The number of ether oxygens (including phenoxy) is 2. The lowest BCUT2D eigenvalue weighted by Gasteiger charge is -2.12. The topological polar surface area (TPSA) is 54.9 Å². The maximum Gasteiger partial charge on any atom is 0.191 e. The third-order valence-corrected chi connectivity index (χ3v) is 3.27. The van der Waals surface area contributed by atoms with E-state index in [2.05, 4.69) is 41.6 Å². The number of benzene rings is 1. The fraction of sp³-hybridized carbons (Fsp3) is 0.611. The van der Waals surface area contributed by atoms with E-state index >= 15 is 0 Å². The minimum atomic E-state index is 0.647. The summed E-state index contributed by atoms with van der Waals surface area (Å²) in [5.41, 5.74) is 2.33. The maximum atomic E-state index is 5.57. The molecule has 0 amide bonds. The molecular formula is C18H31N3O2. The van der Waals surface area contributed by atoms with Gasteiger partial charge in [0.1, 0.15) is 5.75 Å². The van der Waals surface area contributed by atoms with Crippen LogP contribution in [-0.4, -0.2) is 38.9 Å². The van der Waals surface area contributed by atoms with Crippen molar-refractivity contribution in [2.45, 2.75) is 40.7 Å². The van der Waals surface area contributed by atoms with Crippen molar-refractivity contribution in [1.29, 1.82) is 0 Å². The van der Waals surface area contributed by atoms with E-state index < -0.39 is 0 Å². The van der Waals surface area contributed by atoms with Gasteiger partial charge in [-0.1, -0.05) is 12.1 Å². The second kappa shape index (κ2) is 11.8. The Kier molecular flexibility index (Phi) is 9.87. The molecule has 130 valence electrons. The quantitative estimate of drug-likeness (QED) is 0.395. The second-order valence-electron chi connectivity index (χ2n) is 5.21. The van der Waals surface area contributed by atoms with Crippen LogP contribution in [0, 0.1) is 6.92 Å². The molecular weight excluding hydrogens is 290 g/mol. The molecule has 0 aliphatic heterocycles. The molecule has 5 heteroatoms. The van der Waals surface area contributed by atoms with Crippen LogP contribution in [0.4, 0.5) is 0 Å². The van der Waals surface area contributed by atoms with Gasteiger partial charge in [0.2, 0.25) is 0 Å². The minimum absolute atomic E-state index is 0.647. The SMILES string of the molecule is CCNC(=NCc1ccc(OCC)c(C)c1)NCCCOCC. The average molecular weight is 321 g/mol. The number of hydrogen-bond acceptors (Lipinski definition) is 3. The molecule has 1 aromatic carbocycles. The third kappa shape index (κ3) is 7.88. The zero-order chi connectivity index (χ0) is 16.9. The van der Waals surface area contributed by atoms with Gasteiger partial charge in [0, 0.05) is 26.3 Å². The number of aryl methyl sites for hydroxylation is 1. The molecule has 0 bridgehead atoms. The van der Waals surface area contributed by atoms with E-state index in [0.29, 0.717) is 13.2 Å². The molecule has 0 aliphatic rings. The lowest BCUT2D eigenvalue weighted by Crippen LogP contribution is -2.38. The van der Waals surface area contributed by atoms with Crippen LogP contribution in [0.1, 0.15) is 38.3 Å². The van der Waals surface area contributed by atoms with Crippen LogP contribution in [0.3, 0.4) is 0 Å². The van der Waals surface area contributed by atoms with Crippen LogP contribution in [0.2, 0.25) is 0 Å². The summed E-state index contributed by atoms with van der Waals surface area (Å²) in [5.74, 6) is 1.79. The molecule has 0 atom stereocenters. The molecule has 0 unspecified atom stereocenters. The fourth-order valence-corrected chi connectivity index (χ4v) is 2.16. The minimum Gasteiger partial charge on any atom is -0.494 e. The van der Waals surface area contributed by atoms with E-state index in [-0.39, 0.29) is 0 Å². The lowest BCUT2D eigenvalue weighted by atomic mass is 10.1. The van der Waals surface area contributed by atoms with Crippen molar-refractivity contribution in [3.8, 4) is 5.75 Å². The molecule has 0 saturated carbocycles. The van der Waals surface area contributed by atoms with E-state index in [1.54, 1.807) is 0 Å². The van der Waals surface area contributed by atoms with Crippen molar-refractivity contribution in [2.75, 3.05) is 32.9 Å². The summed E-state index contributed by atoms with van der Waals surface area (Å²) in [7, 11) is 0. The van der Waals surface area contributed by atoms with Crippen LogP contribution in [0.15, 0.2) is 23.2 Å². The highest BCUT2D eigenvalue weighted by Gasteiger charge is 2.01. The predicted molar refractivity (Wildman–Crippen MR) is 96.3 cm³/mol. The molecule has 5 nitrogen and oxygen atoms in total. The van der Waals surface area contributed by atoms with E-state index in [9.17, 15) is 0 Å². The molecule has 1 aromatic rings. The monoisotopic (exact) mass is 321 g/mol. The number of rotatable bonds is 10. The number of guanidine groups is 1. The summed E-state index contributed by atoms with van der Waals surface area (Å²) in [6, 6.07) is 6.22. The van der Waals surface area contributed by atoms with Crippen LogP contribution < -0.4 is 15.4 Å². The van der Waals surface area contributed by atoms with Gasteiger partial charge >= 0.3 is 0 Å². The summed E-state index contributed by atoms with van der Waals surface area (Å²) < 4.78 is 10.9. The molecule has 0 aromatic heterocycles. The van der Waals surface area contributed by atoms with Gasteiger partial charge in [-0.05, 0) is 51.3 Å². The van der Waals surface area contributed by atoms with Crippen LogP contribution in [0.5, 0.6) is 5.75 Å². The van der Waals surface area contributed by atoms with Gasteiger partial charge in [0.05, 0.1) is 13.2 Å². The first-order chi connectivity index (χ1) is 11.2. The van der Waals surface area contributed by atoms with Crippen molar-refractivity contribution >= 4 is 5.96 Å². The molecule has 2 N–H and O–H groups in total. The van der Waals surface area contributed by atoms with E-state index in [0.717, 1.165) is 50.0 Å². The van der Waals surface area contributed by atoms with E-state index in [1.165, 1.54) is 5.56 Å². The Morgan fingerprint density at radius 2 is 1.96 bits per heavy atom. The van der Waals surface area contributed by atoms with Gasteiger partial charge in [-0.2, -0.15) is 0 Å². The predicted octanol–water partition coefficient (Wildman–Crippen LogP) is 2.88. The van der Waals surface area contributed by atoms with Crippen LogP contribution in [-0.2, 0) is 11.3 Å². The largest absolute Gasteiger partial charge is 0.494 e. The highest BCUT2D eigenvalue weighted by Crippen LogP contribution is 2.19. The van der Waals surface area contributed by atoms with Crippen molar-refractivity contribution in [3.05, 3.63) is 29.3 Å². The molecule has 0 fully saturated rings. The number of aliphatic imine (C=N–C) groups is 1. The Balaban J connectivity index is 2.53. The third-order valence-electron chi connectivity index (χ3n) is 3.27. The summed E-state index contributed by atoms with van der Waals surface area (Å²) in [5, 5.41) is 6.59. The van der Waals surface area contributed by atoms with Crippen LogP contribution >= 0.6 is 0 Å². The maximum absolute atomic E-state index is 5.57. The Morgan fingerprint density at radius 3 is 2.61 bits per heavy atom. The Bertz CT molecular complexity index is 475. The highest BCUT2D eigenvalue weighted by molar-refractivity contribution is 5.79. The highest BCUT2D eigenvalue weighted by atomic mass is 16.5. The molecule has 0 heterocycles. The summed E-state index contributed by atoms with van der Waals surface area (Å²) >= 11 is 0. The molecule has 0 aliphatic carbocycles. The molecule has 0 radical (unpaired) electrons. The van der Waals surface area contributed by atoms with Gasteiger partial charge < -0.3 is 20.1 Å². The van der Waals surface area contributed by atoms with E-state index in [1.807, 2.05) is 19.9 Å². The van der Waals surface area contributed by atoms with Crippen molar-refractivity contribution in [2.24, 2.45) is 4.99 Å². The lowest BCUT2D eigenvalue weighted by molar-refractivity contribution is 0.145. The van der Waals surface area contributed by atoms with E-state index in [4.69, 9.17) is 9.47 Å². The first-order valence-corrected chi connectivity index (χ1v) is 8.53. The number of nitrogens with one attached hydrogen (secondary N) is 2. The molecule has 23 heavy (non-hydrogen) atoms.